The second-order valence-electron chi connectivity index (χ2n) is 3.55. The zero-order chi connectivity index (χ0) is 12.5. The molecular weight excluding hydrogens is 249 g/mol. The molecule has 2 rings (SSSR count). The molecule has 1 nitrogen and oxygen atoms in total. The highest BCUT2D eigenvalue weighted by molar-refractivity contribution is 7.10. The van der Waals surface area contributed by atoms with Crippen LogP contribution in [-0.4, -0.2) is 11.3 Å². The molecule has 1 aromatic heterocycles. The van der Waals surface area contributed by atoms with Crippen molar-refractivity contribution in [1.29, 1.82) is 0 Å². The van der Waals surface area contributed by atoms with Crippen LogP contribution in [0.15, 0.2) is 47.8 Å². The van der Waals surface area contributed by atoms with Crippen LogP contribution in [0.3, 0.4) is 0 Å². The normalized spacial score (nSPS) is 15.5. The van der Waals surface area contributed by atoms with E-state index in [0.29, 0.717) is 0 Å². The van der Waals surface area contributed by atoms with Crippen molar-refractivity contribution in [2.75, 3.05) is 0 Å². The number of hydrogen-bond donors (Lipinski definition) is 1. The van der Waals surface area contributed by atoms with Crippen molar-refractivity contribution in [1.82, 2.24) is 0 Å². The fraction of sp³-hybridized carbons (Fsp3) is 0.167. The number of hydrogen-bond acceptors (Lipinski definition) is 2. The van der Waals surface area contributed by atoms with Crippen LogP contribution < -0.4 is 0 Å². The Labute approximate surface area is 100 Å². The van der Waals surface area contributed by atoms with Gasteiger partial charge in [-0.05, 0) is 17.0 Å². The molecule has 90 valence electrons. The van der Waals surface area contributed by atoms with Gasteiger partial charge < -0.3 is 5.11 Å². The maximum atomic E-state index is 13.1. The first-order valence-corrected chi connectivity index (χ1v) is 5.73. The summed E-state index contributed by atoms with van der Waals surface area (Å²) < 4.78 is 39.3. The van der Waals surface area contributed by atoms with Crippen LogP contribution in [0.25, 0.3) is 0 Å². The Morgan fingerprint density at radius 3 is 2.06 bits per heavy atom. The van der Waals surface area contributed by atoms with Crippen LogP contribution in [0.1, 0.15) is 10.4 Å². The van der Waals surface area contributed by atoms with Crippen LogP contribution >= 0.6 is 11.3 Å². The average Bonchev–Trinajstić information content (AvgIpc) is 2.81. The highest BCUT2D eigenvalue weighted by Crippen LogP contribution is 2.45. The van der Waals surface area contributed by atoms with Crippen LogP contribution in [-0.2, 0) is 5.60 Å². The van der Waals surface area contributed by atoms with E-state index in [1.165, 1.54) is 41.8 Å². The van der Waals surface area contributed by atoms with E-state index in [2.05, 4.69) is 0 Å². The molecule has 2 aromatic rings. The standard InChI is InChI=1S/C12H9F3OS/c13-12(14,15)11(16,10-7-4-8-17-10)9-5-2-1-3-6-9/h1-8,16H. The minimum Gasteiger partial charge on any atom is -0.372 e. The smallest absolute Gasteiger partial charge is 0.372 e. The van der Waals surface area contributed by atoms with Crippen molar-refractivity contribution < 1.29 is 18.3 Å². The summed E-state index contributed by atoms with van der Waals surface area (Å²) in [5.74, 6) is 0. The number of thiophene rings is 1. The molecule has 1 N–H and O–H groups in total. The molecule has 0 radical (unpaired) electrons. The fourth-order valence-corrected chi connectivity index (χ4v) is 2.47. The van der Waals surface area contributed by atoms with E-state index < -0.39 is 11.8 Å². The minimum absolute atomic E-state index is 0.129. The van der Waals surface area contributed by atoms with Crippen molar-refractivity contribution in [3.05, 3.63) is 58.3 Å². The minimum atomic E-state index is -4.75. The second-order valence-corrected chi connectivity index (χ2v) is 4.50. The summed E-state index contributed by atoms with van der Waals surface area (Å²) in [6.45, 7) is 0. The van der Waals surface area contributed by atoms with Gasteiger partial charge in [-0.1, -0.05) is 36.4 Å². The fourth-order valence-electron chi connectivity index (χ4n) is 1.61. The Morgan fingerprint density at radius 1 is 0.941 bits per heavy atom. The first-order valence-electron chi connectivity index (χ1n) is 4.85. The lowest BCUT2D eigenvalue weighted by atomic mass is 9.91. The predicted octanol–water partition coefficient (Wildman–Crippen LogP) is 3.55. The zero-order valence-electron chi connectivity index (χ0n) is 8.61. The highest BCUT2D eigenvalue weighted by atomic mass is 32.1. The molecule has 0 saturated heterocycles. The topological polar surface area (TPSA) is 20.2 Å². The molecule has 5 heteroatoms. The second kappa shape index (κ2) is 4.16. The largest absolute Gasteiger partial charge is 0.426 e. The molecular formula is C12H9F3OS. The molecule has 0 bridgehead atoms. The van der Waals surface area contributed by atoms with Gasteiger partial charge in [0.25, 0.3) is 0 Å². The molecule has 0 aliphatic heterocycles. The number of alkyl halides is 3. The Morgan fingerprint density at radius 2 is 1.59 bits per heavy atom. The number of halogens is 3. The Bertz CT molecular complexity index is 478. The van der Waals surface area contributed by atoms with Gasteiger partial charge in [0.05, 0.1) is 0 Å². The SMILES string of the molecule is OC(c1ccccc1)(c1cccs1)C(F)(F)F. The monoisotopic (exact) mass is 258 g/mol. The molecule has 0 spiro atoms. The molecule has 17 heavy (non-hydrogen) atoms. The lowest BCUT2D eigenvalue weighted by Crippen LogP contribution is -2.42. The van der Waals surface area contributed by atoms with Gasteiger partial charge in [-0.3, -0.25) is 0 Å². The summed E-state index contributed by atoms with van der Waals surface area (Å²) in [5, 5.41) is 11.6. The van der Waals surface area contributed by atoms with E-state index in [1.807, 2.05) is 0 Å². The van der Waals surface area contributed by atoms with E-state index in [9.17, 15) is 18.3 Å². The maximum absolute atomic E-state index is 13.1. The van der Waals surface area contributed by atoms with Crippen LogP contribution in [0.5, 0.6) is 0 Å². The Hall–Kier alpha value is -1.33. The van der Waals surface area contributed by atoms with E-state index >= 15 is 0 Å². The predicted molar refractivity (Wildman–Crippen MR) is 59.8 cm³/mol. The molecule has 1 aromatic carbocycles. The van der Waals surface area contributed by atoms with Gasteiger partial charge in [-0.2, -0.15) is 13.2 Å². The molecule has 0 aliphatic carbocycles. The summed E-state index contributed by atoms with van der Waals surface area (Å²) in [5.41, 5.74) is -3.10. The Balaban J connectivity index is 2.61. The Kier molecular flexibility index (Phi) is 2.97. The van der Waals surface area contributed by atoms with E-state index in [-0.39, 0.29) is 10.4 Å². The number of rotatable bonds is 2. The van der Waals surface area contributed by atoms with Gasteiger partial charge in [-0.25, -0.2) is 0 Å². The third-order valence-corrected chi connectivity index (χ3v) is 3.46. The third kappa shape index (κ3) is 1.96. The van der Waals surface area contributed by atoms with E-state index in [4.69, 9.17) is 0 Å². The van der Waals surface area contributed by atoms with Crippen LogP contribution in [0, 0.1) is 0 Å². The van der Waals surface area contributed by atoms with Crippen molar-refractivity contribution in [2.45, 2.75) is 11.8 Å². The molecule has 0 aliphatic rings. The van der Waals surface area contributed by atoms with Crippen molar-refractivity contribution in [3.8, 4) is 0 Å². The van der Waals surface area contributed by atoms with Gasteiger partial charge in [0.2, 0.25) is 5.60 Å². The van der Waals surface area contributed by atoms with Crippen LogP contribution in [0.2, 0.25) is 0 Å². The molecule has 1 atom stereocenters. The molecule has 0 saturated carbocycles. The van der Waals surface area contributed by atoms with Crippen molar-refractivity contribution >= 4 is 11.3 Å². The molecule has 0 fully saturated rings. The number of aliphatic hydroxyl groups is 1. The summed E-state index contributed by atoms with van der Waals surface area (Å²) in [4.78, 5) is -0.129. The van der Waals surface area contributed by atoms with Gasteiger partial charge in [0.1, 0.15) is 0 Å². The van der Waals surface area contributed by atoms with Crippen LogP contribution in [0.4, 0.5) is 13.2 Å². The zero-order valence-corrected chi connectivity index (χ0v) is 9.42. The van der Waals surface area contributed by atoms with Crippen molar-refractivity contribution in [3.63, 3.8) is 0 Å². The third-order valence-electron chi connectivity index (χ3n) is 2.48. The van der Waals surface area contributed by atoms with Gasteiger partial charge in [0, 0.05) is 4.88 Å². The quantitative estimate of drug-likeness (QED) is 0.873. The van der Waals surface area contributed by atoms with E-state index in [1.54, 1.807) is 6.07 Å². The summed E-state index contributed by atoms with van der Waals surface area (Å²) in [6.07, 6.45) is -4.75. The summed E-state index contributed by atoms with van der Waals surface area (Å²) in [7, 11) is 0. The molecule has 1 unspecified atom stereocenters. The van der Waals surface area contributed by atoms with Crippen molar-refractivity contribution in [2.24, 2.45) is 0 Å². The highest BCUT2D eigenvalue weighted by Gasteiger charge is 2.56. The average molecular weight is 258 g/mol. The first kappa shape index (κ1) is 12.1. The first-order chi connectivity index (χ1) is 7.96. The van der Waals surface area contributed by atoms with Gasteiger partial charge >= 0.3 is 6.18 Å². The molecule has 1 heterocycles. The lowest BCUT2D eigenvalue weighted by molar-refractivity contribution is -0.247. The van der Waals surface area contributed by atoms with Gasteiger partial charge in [-0.15, -0.1) is 11.3 Å². The lowest BCUT2D eigenvalue weighted by Gasteiger charge is -2.29. The summed E-state index contributed by atoms with van der Waals surface area (Å²) >= 11 is 0.882. The number of benzene rings is 1. The van der Waals surface area contributed by atoms with Gasteiger partial charge in [0.15, 0.2) is 0 Å². The molecule has 0 amide bonds. The van der Waals surface area contributed by atoms with E-state index in [0.717, 1.165) is 11.3 Å². The summed E-state index contributed by atoms with van der Waals surface area (Å²) in [6, 6.07) is 9.86. The maximum Gasteiger partial charge on any atom is 0.426 e.